The van der Waals surface area contributed by atoms with E-state index >= 15 is 0 Å². The summed E-state index contributed by atoms with van der Waals surface area (Å²) in [6.07, 6.45) is 3.76. The topological polar surface area (TPSA) is 85.1 Å². The Morgan fingerprint density at radius 1 is 1.12 bits per heavy atom. The van der Waals surface area contributed by atoms with Crippen LogP contribution in [0.2, 0.25) is 0 Å². The van der Waals surface area contributed by atoms with Gasteiger partial charge in [0.25, 0.3) is 5.91 Å². The zero-order valence-electron chi connectivity index (χ0n) is 14.3. The lowest BCUT2D eigenvalue weighted by atomic mass is 10.2. The van der Waals surface area contributed by atoms with Gasteiger partial charge in [0, 0.05) is 5.56 Å². The smallest absolute Gasteiger partial charge is 0.263 e. The molecule has 1 N–H and O–H groups in total. The number of nitrogens with one attached hydrogen (secondary N) is 1. The molecular weight excluding hydrogens is 328 g/mol. The summed E-state index contributed by atoms with van der Waals surface area (Å²) in [5, 5.41) is 16.1. The van der Waals surface area contributed by atoms with Gasteiger partial charge >= 0.3 is 0 Å². The molecule has 0 aliphatic carbocycles. The number of hydrogen-bond acceptors (Lipinski definition) is 5. The Morgan fingerprint density at radius 2 is 1.81 bits per heavy atom. The van der Waals surface area contributed by atoms with Gasteiger partial charge in [0.2, 0.25) is 5.82 Å². The van der Waals surface area contributed by atoms with Gasteiger partial charge in [-0.25, -0.2) is 5.43 Å². The van der Waals surface area contributed by atoms with Gasteiger partial charge in [0.15, 0.2) is 0 Å². The van der Waals surface area contributed by atoms with Gasteiger partial charge in [-0.2, -0.15) is 9.90 Å². The summed E-state index contributed by atoms with van der Waals surface area (Å²) in [5.41, 5.74) is 5.07. The van der Waals surface area contributed by atoms with E-state index in [4.69, 9.17) is 0 Å². The number of allylic oxidation sites excluding steroid dienone is 1. The second-order valence-electron chi connectivity index (χ2n) is 5.54. The van der Waals surface area contributed by atoms with E-state index in [0.29, 0.717) is 11.5 Å². The molecule has 0 radical (unpaired) electrons. The van der Waals surface area contributed by atoms with Crippen molar-refractivity contribution in [3.05, 3.63) is 72.3 Å². The molecule has 26 heavy (non-hydrogen) atoms. The Kier molecular flexibility index (Phi) is 5.61. The molecule has 0 bridgehead atoms. The molecule has 130 valence electrons. The number of aromatic nitrogens is 4. The number of rotatable bonds is 6. The van der Waals surface area contributed by atoms with Crippen molar-refractivity contribution in [3.63, 3.8) is 0 Å². The first-order valence-electron chi connectivity index (χ1n) is 8.10. The van der Waals surface area contributed by atoms with Crippen LogP contribution in [0.1, 0.15) is 12.5 Å². The van der Waals surface area contributed by atoms with Crippen LogP contribution in [0.5, 0.6) is 0 Å². The first-order chi connectivity index (χ1) is 12.7. The summed E-state index contributed by atoms with van der Waals surface area (Å²) < 4.78 is 0. The fourth-order valence-corrected chi connectivity index (χ4v) is 2.15. The van der Waals surface area contributed by atoms with E-state index in [2.05, 4.69) is 25.9 Å². The second-order valence-corrected chi connectivity index (χ2v) is 5.54. The minimum Gasteiger partial charge on any atom is -0.271 e. The standard InChI is InChI=1S/C19H18N6O/c1-15(12-13-16-8-4-2-5-9-16)20-21-18(26)14-25-23-19(22-24-25)17-10-6-3-7-11-17/h2-13H,14H2,1H3,(H,21,26). The molecule has 1 heterocycles. The Morgan fingerprint density at radius 3 is 2.54 bits per heavy atom. The molecule has 1 aromatic heterocycles. The van der Waals surface area contributed by atoms with Gasteiger partial charge in [-0.3, -0.25) is 4.79 Å². The number of nitrogens with zero attached hydrogens (tertiary/aromatic N) is 5. The van der Waals surface area contributed by atoms with Crippen molar-refractivity contribution in [1.82, 2.24) is 25.6 Å². The normalized spacial score (nSPS) is 11.7. The van der Waals surface area contributed by atoms with Gasteiger partial charge < -0.3 is 0 Å². The molecule has 0 saturated carbocycles. The lowest BCUT2D eigenvalue weighted by Gasteiger charge is -1.99. The molecule has 2 aromatic carbocycles. The van der Waals surface area contributed by atoms with Crippen LogP contribution in [0.15, 0.2) is 71.8 Å². The zero-order valence-corrected chi connectivity index (χ0v) is 14.3. The van der Waals surface area contributed by atoms with Crippen LogP contribution in [0.4, 0.5) is 0 Å². The first kappa shape index (κ1) is 17.2. The van der Waals surface area contributed by atoms with E-state index in [-0.39, 0.29) is 12.5 Å². The molecule has 0 saturated heterocycles. The molecule has 0 aliphatic rings. The van der Waals surface area contributed by atoms with Crippen molar-refractivity contribution in [2.24, 2.45) is 5.10 Å². The lowest BCUT2D eigenvalue weighted by Crippen LogP contribution is -2.25. The van der Waals surface area contributed by atoms with Crippen LogP contribution >= 0.6 is 0 Å². The summed E-state index contributed by atoms with van der Waals surface area (Å²) in [4.78, 5) is 13.2. The minimum absolute atomic E-state index is 0.0565. The molecule has 7 heteroatoms. The minimum atomic E-state index is -0.325. The highest BCUT2D eigenvalue weighted by Crippen LogP contribution is 2.11. The largest absolute Gasteiger partial charge is 0.271 e. The third-order valence-electron chi connectivity index (χ3n) is 3.44. The van der Waals surface area contributed by atoms with Gasteiger partial charge in [0.05, 0.1) is 5.71 Å². The predicted octanol–water partition coefficient (Wildman–Crippen LogP) is 2.55. The highest BCUT2D eigenvalue weighted by Gasteiger charge is 2.08. The summed E-state index contributed by atoms with van der Waals surface area (Å²) in [6, 6.07) is 19.3. The lowest BCUT2D eigenvalue weighted by molar-refractivity contribution is -0.122. The number of carbonyl (C=O) groups is 1. The third kappa shape index (κ3) is 4.94. The number of hydrazone groups is 1. The SMILES string of the molecule is CC(C=Cc1ccccc1)=NNC(=O)Cn1nnc(-c2ccccc2)n1. The van der Waals surface area contributed by atoms with Gasteiger partial charge in [-0.15, -0.1) is 10.2 Å². The average Bonchev–Trinajstić information content (AvgIpc) is 3.15. The van der Waals surface area contributed by atoms with Crippen LogP contribution in [0, 0.1) is 0 Å². The van der Waals surface area contributed by atoms with Crippen molar-refractivity contribution in [2.45, 2.75) is 13.5 Å². The molecule has 7 nitrogen and oxygen atoms in total. The van der Waals surface area contributed by atoms with Crippen LogP contribution in [-0.2, 0) is 11.3 Å². The summed E-state index contributed by atoms with van der Waals surface area (Å²) >= 11 is 0. The Labute approximate surface area is 151 Å². The molecule has 0 aliphatic heterocycles. The average molecular weight is 346 g/mol. The highest BCUT2D eigenvalue weighted by atomic mass is 16.2. The van der Waals surface area contributed by atoms with Crippen molar-refractivity contribution >= 4 is 17.7 Å². The molecule has 1 amide bonds. The van der Waals surface area contributed by atoms with E-state index in [1.165, 1.54) is 4.80 Å². The number of hydrogen-bond donors (Lipinski definition) is 1. The molecule has 0 fully saturated rings. The molecule has 0 spiro atoms. The van der Waals surface area contributed by atoms with E-state index in [0.717, 1.165) is 11.1 Å². The van der Waals surface area contributed by atoms with Crippen LogP contribution in [0.3, 0.4) is 0 Å². The number of carbonyl (C=O) groups excluding carboxylic acids is 1. The Hall–Kier alpha value is -3.61. The number of benzene rings is 2. The molecule has 3 rings (SSSR count). The van der Waals surface area contributed by atoms with Crippen molar-refractivity contribution in [2.75, 3.05) is 0 Å². The fourth-order valence-electron chi connectivity index (χ4n) is 2.15. The summed E-state index contributed by atoms with van der Waals surface area (Å²) in [5.74, 6) is 0.151. The fraction of sp³-hybridized carbons (Fsp3) is 0.105. The van der Waals surface area contributed by atoms with Gasteiger partial charge in [-0.05, 0) is 23.8 Å². The number of tetrazole rings is 1. The monoisotopic (exact) mass is 346 g/mol. The van der Waals surface area contributed by atoms with Crippen LogP contribution < -0.4 is 5.43 Å². The van der Waals surface area contributed by atoms with Gasteiger partial charge in [-0.1, -0.05) is 66.7 Å². The zero-order chi connectivity index (χ0) is 18.2. The molecule has 0 atom stereocenters. The maximum atomic E-state index is 12.0. The first-order valence-corrected chi connectivity index (χ1v) is 8.10. The maximum absolute atomic E-state index is 12.0. The molecule has 3 aromatic rings. The molecule has 0 unspecified atom stereocenters. The van der Waals surface area contributed by atoms with E-state index in [1.807, 2.05) is 72.8 Å². The van der Waals surface area contributed by atoms with E-state index in [1.54, 1.807) is 6.92 Å². The second kappa shape index (κ2) is 8.48. The van der Waals surface area contributed by atoms with Crippen LogP contribution in [0.25, 0.3) is 17.5 Å². The summed E-state index contributed by atoms with van der Waals surface area (Å²) in [6.45, 7) is 1.75. The Balaban J connectivity index is 1.54. The van der Waals surface area contributed by atoms with Crippen LogP contribution in [-0.4, -0.2) is 31.8 Å². The van der Waals surface area contributed by atoms with Crippen molar-refractivity contribution in [1.29, 1.82) is 0 Å². The summed E-state index contributed by atoms with van der Waals surface area (Å²) in [7, 11) is 0. The third-order valence-corrected chi connectivity index (χ3v) is 3.44. The van der Waals surface area contributed by atoms with E-state index < -0.39 is 0 Å². The quantitative estimate of drug-likeness (QED) is 0.549. The van der Waals surface area contributed by atoms with E-state index in [9.17, 15) is 4.79 Å². The maximum Gasteiger partial charge on any atom is 0.263 e. The Bertz CT molecular complexity index is 915. The highest BCUT2D eigenvalue weighted by molar-refractivity contribution is 5.96. The van der Waals surface area contributed by atoms with Crippen molar-refractivity contribution < 1.29 is 4.79 Å². The number of amides is 1. The predicted molar refractivity (Wildman–Crippen MR) is 100.0 cm³/mol. The molecular formula is C19H18N6O. The van der Waals surface area contributed by atoms with Crippen molar-refractivity contribution in [3.8, 4) is 11.4 Å². The van der Waals surface area contributed by atoms with Gasteiger partial charge in [0.1, 0.15) is 6.54 Å².